The zero-order chi connectivity index (χ0) is 14.7. The largest absolute Gasteiger partial charge is 0.493 e. The Balaban J connectivity index is 3.16. The van der Waals surface area contributed by atoms with Crippen LogP contribution >= 0.6 is 0 Å². The molecule has 0 radical (unpaired) electrons. The monoisotopic (exact) mass is 285 g/mol. The standard InChI is InChI=1S/C12H20BNO4S/c1-4-18-11-7-9(5-6-10(11)17-2)12(13,14)8-19(3,15)16/h5-7H,4,8,13-14H2,1-3H3. The van der Waals surface area contributed by atoms with Crippen LogP contribution in [-0.2, 0) is 15.3 Å². The Morgan fingerprint density at radius 3 is 2.47 bits per heavy atom. The van der Waals surface area contributed by atoms with Gasteiger partial charge in [-0.2, -0.15) is 0 Å². The summed E-state index contributed by atoms with van der Waals surface area (Å²) >= 11 is 0. The second-order valence-electron chi connectivity index (χ2n) is 4.79. The minimum Gasteiger partial charge on any atom is -0.493 e. The molecular weight excluding hydrogens is 265 g/mol. The van der Waals surface area contributed by atoms with Crippen LogP contribution in [0.25, 0.3) is 0 Å². The van der Waals surface area contributed by atoms with E-state index in [-0.39, 0.29) is 5.75 Å². The predicted octanol–water partition coefficient (Wildman–Crippen LogP) is -0.117. The predicted molar refractivity (Wildman–Crippen MR) is 78.3 cm³/mol. The molecule has 0 saturated carbocycles. The maximum Gasteiger partial charge on any atom is 0.161 e. The van der Waals surface area contributed by atoms with Gasteiger partial charge in [0.15, 0.2) is 11.5 Å². The molecule has 2 N–H and O–H groups in total. The quantitative estimate of drug-likeness (QED) is 0.737. The molecule has 0 aromatic heterocycles. The van der Waals surface area contributed by atoms with Gasteiger partial charge in [0.1, 0.15) is 17.7 Å². The van der Waals surface area contributed by atoms with Gasteiger partial charge in [0.25, 0.3) is 0 Å². The maximum atomic E-state index is 11.4. The lowest BCUT2D eigenvalue weighted by atomic mass is 9.74. The summed E-state index contributed by atoms with van der Waals surface area (Å²) in [6.45, 7) is 2.36. The van der Waals surface area contributed by atoms with Crippen LogP contribution in [0.5, 0.6) is 11.5 Å². The van der Waals surface area contributed by atoms with Gasteiger partial charge in [0.05, 0.1) is 19.5 Å². The average Bonchev–Trinajstić information content (AvgIpc) is 2.26. The van der Waals surface area contributed by atoms with Gasteiger partial charge in [-0.3, -0.25) is 0 Å². The second kappa shape index (κ2) is 5.84. The first kappa shape index (κ1) is 15.9. The van der Waals surface area contributed by atoms with Crippen LogP contribution in [-0.4, -0.2) is 42.0 Å². The highest BCUT2D eigenvalue weighted by Crippen LogP contribution is 2.31. The first-order valence-electron chi connectivity index (χ1n) is 5.97. The van der Waals surface area contributed by atoms with Crippen molar-refractivity contribution >= 4 is 17.7 Å². The first-order chi connectivity index (χ1) is 8.69. The van der Waals surface area contributed by atoms with Gasteiger partial charge >= 0.3 is 0 Å². The van der Waals surface area contributed by atoms with E-state index in [0.717, 1.165) is 0 Å². The van der Waals surface area contributed by atoms with Gasteiger partial charge < -0.3 is 15.2 Å². The lowest BCUT2D eigenvalue weighted by Crippen LogP contribution is -2.43. The molecule has 0 aliphatic heterocycles. The highest BCUT2D eigenvalue weighted by molar-refractivity contribution is 7.90. The van der Waals surface area contributed by atoms with Crippen molar-refractivity contribution in [1.82, 2.24) is 0 Å². The zero-order valence-electron chi connectivity index (χ0n) is 11.8. The smallest absolute Gasteiger partial charge is 0.161 e. The van der Waals surface area contributed by atoms with Gasteiger partial charge in [0, 0.05) is 11.7 Å². The van der Waals surface area contributed by atoms with Crippen LogP contribution in [0.4, 0.5) is 0 Å². The van der Waals surface area contributed by atoms with Crippen LogP contribution in [0.3, 0.4) is 0 Å². The summed E-state index contributed by atoms with van der Waals surface area (Å²) < 4.78 is 33.5. The number of sulfone groups is 1. The highest BCUT2D eigenvalue weighted by atomic mass is 32.2. The van der Waals surface area contributed by atoms with E-state index < -0.39 is 15.3 Å². The fourth-order valence-corrected chi connectivity index (χ4v) is 3.18. The third-order valence-corrected chi connectivity index (χ3v) is 3.81. The van der Waals surface area contributed by atoms with Crippen LogP contribution in [0.1, 0.15) is 12.5 Å². The van der Waals surface area contributed by atoms with Crippen molar-refractivity contribution in [3.63, 3.8) is 0 Å². The number of nitrogens with two attached hydrogens (primary N) is 1. The molecule has 0 fully saturated rings. The van der Waals surface area contributed by atoms with Crippen molar-refractivity contribution in [3.05, 3.63) is 23.8 Å². The molecule has 5 nitrogen and oxygen atoms in total. The number of ether oxygens (including phenoxy) is 2. The molecule has 0 amide bonds. The molecule has 0 saturated heterocycles. The van der Waals surface area contributed by atoms with E-state index in [1.807, 2.05) is 6.92 Å². The SMILES string of the molecule is BC(N)(CS(C)(=O)=O)c1ccc(OC)c(OCC)c1. The van der Waals surface area contributed by atoms with Gasteiger partial charge in [-0.1, -0.05) is 6.07 Å². The summed E-state index contributed by atoms with van der Waals surface area (Å²) in [7, 11) is 0.0695. The Morgan fingerprint density at radius 2 is 2.00 bits per heavy atom. The lowest BCUT2D eigenvalue weighted by molar-refractivity contribution is 0.310. The molecule has 1 aromatic carbocycles. The first-order valence-corrected chi connectivity index (χ1v) is 8.03. The Kier molecular flexibility index (Phi) is 4.87. The fourth-order valence-electron chi connectivity index (χ4n) is 1.93. The number of benzene rings is 1. The van der Waals surface area contributed by atoms with Gasteiger partial charge in [-0.15, -0.1) is 0 Å². The van der Waals surface area contributed by atoms with E-state index >= 15 is 0 Å². The minimum atomic E-state index is -3.17. The van der Waals surface area contributed by atoms with Crippen molar-refractivity contribution < 1.29 is 17.9 Å². The zero-order valence-corrected chi connectivity index (χ0v) is 12.6. The van der Waals surface area contributed by atoms with Crippen LogP contribution in [0, 0.1) is 0 Å². The Labute approximate surface area is 115 Å². The Hall–Kier alpha value is -1.21. The number of rotatable bonds is 6. The minimum absolute atomic E-state index is 0.127. The maximum absolute atomic E-state index is 11.4. The molecule has 0 spiro atoms. The number of hydrogen-bond acceptors (Lipinski definition) is 5. The van der Waals surface area contributed by atoms with Crippen LogP contribution in [0.2, 0.25) is 0 Å². The second-order valence-corrected chi connectivity index (χ2v) is 6.93. The average molecular weight is 285 g/mol. The van der Waals surface area contributed by atoms with Crippen molar-refractivity contribution in [2.24, 2.45) is 5.73 Å². The Bertz CT molecular complexity index is 543. The van der Waals surface area contributed by atoms with E-state index in [0.29, 0.717) is 23.7 Å². The number of hydrogen-bond donors (Lipinski definition) is 1. The molecule has 1 atom stereocenters. The van der Waals surface area contributed by atoms with Crippen LogP contribution < -0.4 is 15.2 Å². The normalized spacial score (nSPS) is 14.7. The lowest BCUT2D eigenvalue weighted by Gasteiger charge is -2.25. The van der Waals surface area contributed by atoms with E-state index in [2.05, 4.69) is 0 Å². The summed E-state index contributed by atoms with van der Waals surface area (Å²) in [4.78, 5) is 0. The van der Waals surface area contributed by atoms with Gasteiger partial charge in [0.2, 0.25) is 0 Å². The molecule has 1 rings (SSSR count). The molecule has 0 aliphatic rings. The molecule has 1 aromatic rings. The fraction of sp³-hybridized carbons (Fsp3) is 0.500. The van der Waals surface area contributed by atoms with E-state index in [1.54, 1.807) is 33.2 Å². The van der Waals surface area contributed by atoms with E-state index in [1.165, 1.54) is 6.26 Å². The van der Waals surface area contributed by atoms with Gasteiger partial charge in [-0.25, -0.2) is 8.42 Å². The van der Waals surface area contributed by atoms with E-state index in [9.17, 15) is 8.42 Å². The third kappa shape index (κ3) is 4.43. The summed E-state index contributed by atoms with van der Waals surface area (Å²) in [6.07, 6.45) is 1.17. The molecule has 0 bridgehead atoms. The molecule has 0 aliphatic carbocycles. The molecule has 19 heavy (non-hydrogen) atoms. The summed E-state index contributed by atoms with van der Waals surface area (Å²) in [5, 5.41) is 0. The summed E-state index contributed by atoms with van der Waals surface area (Å²) in [5.41, 5.74) is 5.84. The van der Waals surface area contributed by atoms with Crippen LogP contribution in [0.15, 0.2) is 18.2 Å². The molecule has 7 heteroatoms. The van der Waals surface area contributed by atoms with Crippen molar-refractivity contribution in [1.29, 1.82) is 0 Å². The summed E-state index contributed by atoms with van der Waals surface area (Å²) in [5.74, 6) is 1.03. The summed E-state index contributed by atoms with van der Waals surface area (Å²) in [6, 6.07) is 5.22. The number of methoxy groups -OCH3 is 1. The van der Waals surface area contributed by atoms with Gasteiger partial charge in [-0.05, 0) is 24.6 Å². The topological polar surface area (TPSA) is 78.6 Å². The molecule has 0 heterocycles. The van der Waals surface area contributed by atoms with E-state index in [4.69, 9.17) is 15.2 Å². The van der Waals surface area contributed by atoms with Crippen molar-refractivity contribution in [3.8, 4) is 11.5 Å². The van der Waals surface area contributed by atoms with Crippen molar-refractivity contribution in [2.75, 3.05) is 25.7 Å². The third-order valence-electron chi connectivity index (χ3n) is 2.68. The highest BCUT2D eigenvalue weighted by Gasteiger charge is 2.27. The molecular formula is C12H20BNO4S. The molecule has 106 valence electrons. The molecule has 1 unspecified atom stereocenters. The van der Waals surface area contributed by atoms with Crippen molar-refractivity contribution in [2.45, 2.75) is 12.4 Å². The Morgan fingerprint density at radius 1 is 1.37 bits per heavy atom.